The van der Waals surface area contributed by atoms with E-state index in [1.165, 1.54) is 5.48 Å². The minimum atomic E-state index is -4.70. The van der Waals surface area contributed by atoms with Gasteiger partial charge in [0, 0.05) is 0 Å². The maximum atomic E-state index is 11.9. The first-order chi connectivity index (χ1) is 9.09. The molecule has 0 radical (unpaired) electrons. The number of rotatable bonds is 5. The summed E-state index contributed by atoms with van der Waals surface area (Å²) in [7, 11) is 0. The number of nitrogens with zero attached hydrogens (tertiary/aromatic N) is 3. The standard InChI is InChI=1S/C7H6F6N4O3/c8-6(9,10)1-19-4-14-3(17-18)15-5(16-4)20-2-7(11,12)13/h18H,1-2H2,(H,14,15,16,17). The smallest absolute Gasteiger partial charge is 0.422 e. The van der Waals surface area contributed by atoms with Gasteiger partial charge in [0.05, 0.1) is 0 Å². The second-order valence-electron chi connectivity index (χ2n) is 3.14. The fourth-order valence-electron chi connectivity index (χ4n) is 0.810. The van der Waals surface area contributed by atoms with E-state index in [4.69, 9.17) is 5.21 Å². The van der Waals surface area contributed by atoms with Gasteiger partial charge in [0.25, 0.3) is 5.95 Å². The maximum Gasteiger partial charge on any atom is 0.422 e. The molecule has 114 valence electrons. The van der Waals surface area contributed by atoms with Crippen LogP contribution < -0.4 is 15.0 Å². The Bertz CT molecular complexity index is 415. The third-order valence-electron chi connectivity index (χ3n) is 1.42. The van der Waals surface area contributed by atoms with Gasteiger partial charge in [0.15, 0.2) is 13.2 Å². The van der Waals surface area contributed by atoms with Crippen molar-refractivity contribution in [2.24, 2.45) is 0 Å². The largest absolute Gasteiger partial charge is 0.454 e. The Hall–Kier alpha value is -2.05. The monoisotopic (exact) mass is 308 g/mol. The topological polar surface area (TPSA) is 89.4 Å². The first kappa shape index (κ1) is 16.0. The molecular formula is C7H6F6N4O3. The lowest BCUT2D eigenvalue weighted by atomic mass is 10.7. The number of nitrogens with one attached hydrogen (secondary N) is 1. The molecule has 2 N–H and O–H groups in total. The van der Waals surface area contributed by atoms with Crippen LogP contribution >= 0.6 is 0 Å². The molecule has 13 heteroatoms. The summed E-state index contributed by atoms with van der Waals surface area (Å²) < 4.78 is 79.5. The van der Waals surface area contributed by atoms with E-state index in [-0.39, 0.29) is 0 Å². The van der Waals surface area contributed by atoms with Crippen molar-refractivity contribution in [3.8, 4) is 12.0 Å². The van der Waals surface area contributed by atoms with E-state index in [1.54, 1.807) is 0 Å². The molecule has 0 saturated heterocycles. The van der Waals surface area contributed by atoms with Crippen molar-refractivity contribution in [3.63, 3.8) is 0 Å². The Labute approximate surface area is 106 Å². The molecule has 1 aromatic rings. The number of alkyl halides is 6. The van der Waals surface area contributed by atoms with Gasteiger partial charge >= 0.3 is 24.4 Å². The van der Waals surface area contributed by atoms with Gasteiger partial charge in [-0.1, -0.05) is 0 Å². The van der Waals surface area contributed by atoms with Crippen molar-refractivity contribution in [3.05, 3.63) is 0 Å². The first-order valence-corrected chi connectivity index (χ1v) is 4.64. The number of hydrogen-bond acceptors (Lipinski definition) is 7. The Morgan fingerprint density at radius 2 is 1.25 bits per heavy atom. The molecule has 1 aromatic heterocycles. The van der Waals surface area contributed by atoms with E-state index in [0.717, 1.165) is 0 Å². The van der Waals surface area contributed by atoms with Crippen LogP contribution in [0.2, 0.25) is 0 Å². The molecule has 0 atom stereocenters. The van der Waals surface area contributed by atoms with Gasteiger partial charge in [-0.15, -0.1) is 4.98 Å². The highest BCUT2D eigenvalue weighted by Gasteiger charge is 2.30. The zero-order valence-corrected chi connectivity index (χ0v) is 9.29. The average molecular weight is 308 g/mol. The molecule has 0 aliphatic rings. The third-order valence-corrected chi connectivity index (χ3v) is 1.42. The highest BCUT2D eigenvalue weighted by Crippen LogP contribution is 2.20. The minimum Gasteiger partial charge on any atom is -0.454 e. The summed E-state index contributed by atoms with van der Waals surface area (Å²) in [4.78, 5) is 9.33. The number of halogens is 6. The summed E-state index contributed by atoms with van der Waals surface area (Å²) in [5.74, 6) is -0.741. The molecule has 0 bridgehead atoms. The van der Waals surface area contributed by atoms with Crippen molar-refractivity contribution in [2.75, 3.05) is 18.7 Å². The van der Waals surface area contributed by atoms with E-state index in [2.05, 4.69) is 24.4 Å². The first-order valence-electron chi connectivity index (χ1n) is 4.64. The predicted molar refractivity (Wildman–Crippen MR) is 48.3 cm³/mol. The highest BCUT2D eigenvalue weighted by atomic mass is 19.4. The average Bonchev–Trinajstić information content (AvgIpc) is 2.32. The summed E-state index contributed by atoms with van der Waals surface area (Å²) in [5.41, 5.74) is 1.32. The van der Waals surface area contributed by atoms with Crippen molar-refractivity contribution >= 4 is 5.95 Å². The zero-order valence-electron chi connectivity index (χ0n) is 9.29. The van der Waals surface area contributed by atoms with E-state index in [1.807, 2.05) is 0 Å². The number of aromatic nitrogens is 3. The van der Waals surface area contributed by atoms with Crippen LogP contribution in [0.4, 0.5) is 32.3 Å². The van der Waals surface area contributed by atoms with Gasteiger partial charge in [0.2, 0.25) is 0 Å². The molecule has 0 spiro atoms. The van der Waals surface area contributed by atoms with Crippen LogP contribution in [-0.4, -0.2) is 45.7 Å². The van der Waals surface area contributed by atoms with Crippen LogP contribution in [0.3, 0.4) is 0 Å². The van der Waals surface area contributed by atoms with Gasteiger partial charge in [-0.3, -0.25) is 5.21 Å². The molecule has 0 aromatic carbocycles. The second-order valence-corrected chi connectivity index (χ2v) is 3.14. The summed E-state index contributed by atoms with van der Waals surface area (Å²) in [6.07, 6.45) is -9.40. The van der Waals surface area contributed by atoms with Crippen LogP contribution in [0.5, 0.6) is 12.0 Å². The van der Waals surface area contributed by atoms with E-state index < -0.39 is 43.5 Å². The minimum absolute atomic E-state index is 0.741. The van der Waals surface area contributed by atoms with E-state index >= 15 is 0 Å². The van der Waals surface area contributed by atoms with Crippen LogP contribution in [0, 0.1) is 0 Å². The molecule has 1 rings (SSSR count). The summed E-state index contributed by atoms with van der Waals surface area (Å²) in [6.45, 7) is -3.55. The van der Waals surface area contributed by atoms with Crippen LogP contribution in [0.15, 0.2) is 0 Å². The molecule has 0 saturated carbocycles. The van der Waals surface area contributed by atoms with Gasteiger partial charge in [-0.25, -0.2) is 5.48 Å². The van der Waals surface area contributed by atoms with Crippen LogP contribution in [0.1, 0.15) is 0 Å². The molecular weight excluding hydrogens is 302 g/mol. The fraction of sp³-hybridized carbons (Fsp3) is 0.571. The molecule has 20 heavy (non-hydrogen) atoms. The van der Waals surface area contributed by atoms with E-state index in [9.17, 15) is 26.3 Å². The van der Waals surface area contributed by atoms with Crippen LogP contribution in [-0.2, 0) is 0 Å². The van der Waals surface area contributed by atoms with Crippen molar-refractivity contribution in [1.82, 2.24) is 15.0 Å². The molecule has 1 heterocycles. The molecule has 0 amide bonds. The van der Waals surface area contributed by atoms with Gasteiger partial charge in [0.1, 0.15) is 0 Å². The lowest BCUT2D eigenvalue weighted by Gasteiger charge is -2.10. The SMILES string of the molecule is ONc1nc(OCC(F)(F)F)nc(OCC(F)(F)F)n1. The second kappa shape index (κ2) is 5.94. The quantitative estimate of drug-likeness (QED) is 0.630. The number of ether oxygens (including phenoxy) is 2. The number of anilines is 1. The van der Waals surface area contributed by atoms with Crippen molar-refractivity contribution in [1.29, 1.82) is 0 Å². The van der Waals surface area contributed by atoms with Gasteiger partial charge in [-0.05, 0) is 0 Å². The summed E-state index contributed by atoms with van der Waals surface area (Å²) in [6, 6.07) is -1.93. The zero-order chi connectivity index (χ0) is 15.4. The van der Waals surface area contributed by atoms with Gasteiger partial charge in [-0.2, -0.15) is 36.3 Å². The summed E-state index contributed by atoms with van der Waals surface area (Å²) >= 11 is 0. The van der Waals surface area contributed by atoms with Crippen LogP contribution in [0.25, 0.3) is 0 Å². The van der Waals surface area contributed by atoms with Crippen molar-refractivity contribution < 1.29 is 41.0 Å². The lowest BCUT2D eigenvalue weighted by Crippen LogP contribution is -2.22. The summed E-state index contributed by atoms with van der Waals surface area (Å²) in [5, 5.41) is 8.48. The molecule has 0 aliphatic carbocycles. The third kappa shape index (κ3) is 6.21. The Balaban J connectivity index is 2.80. The normalized spacial score (nSPS) is 12.2. The Kier molecular flexibility index (Phi) is 4.75. The van der Waals surface area contributed by atoms with Crippen molar-refractivity contribution in [2.45, 2.75) is 12.4 Å². The fourth-order valence-corrected chi connectivity index (χ4v) is 0.810. The maximum absolute atomic E-state index is 11.9. The molecule has 0 unspecified atom stereocenters. The Morgan fingerprint density at radius 1 is 0.850 bits per heavy atom. The lowest BCUT2D eigenvalue weighted by molar-refractivity contribution is -0.156. The van der Waals surface area contributed by atoms with E-state index in [0.29, 0.717) is 0 Å². The highest BCUT2D eigenvalue weighted by molar-refractivity contribution is 5.24. The number of hydrogen-bond donors (Lipinski definition) is 2. The van der Waals surface area contributed by atoms with Gasteiger partial charge < -0.3 is 9.47 Å². The predicted octanol–water partition coefficient (Wildman–Crippen LogP) is 1.55. The molecule has 7 nitrogen and oxygen atoms in total. The molecule has 0 fully saturated rings. The Morgan fingerprint density at radius 3 is 1.55 bits per heavy atom. The molecule has 0 aliphatic heterocycles.